The summed E-state index contributed by atoms with van der Waals surface area (Å²) in [6.07, 6.45) is 1.91. The molecule has 4 aromatic rings. The molecule has 0 fully saturated rings. The highest BCUT2D eigenvalue weighted by molar-refractivity contribution is 6.58. The average molecular weight is 281 g/mol. The van der Waals surface area contributed by atoms with Gasteiger partial charge in [0.05, 0.1) is 17.6 Å². The van der Waals surface area contributed by atoms with Crippen molar-refractivity contribution in [2.45, 2.75) is 0 Å². The quantitative estimate of drug-likeness (QED) is 0.455. The zero-order valence-corrected chi connectivity index (χ0v) is 11.6. The number of nitriles is 1. The minimum absolute atomic E-state index is 0.415. The first kappa shape index (κ1) is 11.5. The van der Waals surface area contributed by atoms with E-state index in [2.05, 4.69) is 30.2 Å². The Bertz CT molecular complexity index is 1150. The van der Waals surface area contributed by atoms with Crippen LogP contribution in [0.4, 0.5) is 5.82 Å². The van der Waals surface area contributed by atoms with Crippen LogP contribution in [0, 0.1) is 11.2 Å². The third-order valence-electron chi connectivity index (χ3n) is 4.32. The maximum Gasteiger partial charge on any atom is 0.626 e. The molecule has 0 radical (unpaired) electrons. The molecule has 2 aromatic heterocycles. The normalized spacial score (nSPS) is 12.8. The second-order valence-electron chi connectivity index (χ2n) is 5.46. The molecule has 0 aliphatic carbocycles. The molecular formula is C17H10BN4+. The number of hydrogen-bond donors (Lipinski definition) is 0. The van der Waals surface area contributed by atoms with Crippen molar-refractivity contribution < 1.29 is 4.48 Å². The van der Waals surface area contributed by atoms with Crippen LogP contribution in [0.2, 0.25) is 0 Å². The molecule has 0 N–H and O–H groups in total. The molecule has 0 unspecified atom stereocenters. The highest BCUT2D eigenvalue weighted by atomic mass is 15.2. The van der Waals surface area contributed by atoms with Crippen molar-refractivity contribution in [2.24, 2.45) is 4.99 Å². The molecule has 1 aliphatic heterocycles. The molecule has 0 amide bonds. The monoisotopic (exact) mass is 281 g/mol. The molecule has 0 saturated heterocycles. The lowest BCUT2D eigenvalue weighted by Gasteiger charge is -2.10. The van der Waals surface area contributed by atoms with Gasteiger partial charge < -0.3 is 0 Å². The number of nitrogens with zero attached hydrogens (tertiary/aromatic N) is 4. The van der Waals surface area contributed by atoms with E-state index >= 15 is 0 Å². The van der Waals surface area contributed by atoms with Crippen molar-refractivity contribution in [3.05, 3.63) is 66.3 Å². The third kappa shape index (κ3) is 1.27. The van der Waals surface area contributed by atoms with Gasteiger partial charge in [0.2, 0.25) is 5.49 Å². The number of fused-ring (bicyclic) bond motifs is 4. The Hall–Kier alpha value is -3.13. The van der Waals surface area contributed by atoms with E-state index in [9.17, 15) is 5.26 Å². The van der Waals surface area contributed by atoms with Gasteiger partial charge in [-0.2, -0.15) is 0 Å². The first-order valence-corrected chi connectivity index (χ1v) is 7.18. The molecule has 0 spiro atoms. The summed E-state index contributed by atoms with van der Waals surface area (Å²) in [5.41, 5.74) is 1.92. The summed E-state index contributed by atoms with van der Waals surface area (Å²) < 4.78 is 3.94. The summed E-state index contributed by atoms with van der Waals surface area (Å²) >= 11 is 0. The van der Waals surface area contributed by atoms with Gasteiger partial charge in [-0.25, -0.2) is 5.26 Å². The lowest BCUT2D eigenvalue weighted by atomic mass is 9.77. The van der Waals surface area contributed by atoms with Crippen LogP contribution in [0.15, 0.2) is 65.8 Å². The van der Waals surface area contributed by atoms with Crippen molar-refractivity contribution in [3.8, 4) is 5.97 Å². The highest BCUT2D eigenvalue weighted by Crippen LogP contribution is 2.26. The highest BCUT2D eigenvalue weighted by Gasteiger charge is 2.38. The minimum Gasteiger partial charge on any atom is -0.293 e. The maximum atomic E-state index is 9.75. The lowest BCUT2D eigenvalue weighted by molar-refractivity contribution is -0.525. The first-order valence-electron chi connectivity index (χ1n) is 7.18. The Kier molecular flexibility index (Phi) is 2.07. The van der Waals surface area contributed by atoms with Crippen molar-refractivity contribution >= 4 is 34.5 Å². The Morgan fingerprint density at radius 3 is 2.77 bits per heavy atom. The smallest absolute Gasteiger partial charge is 0.293 e. The molecule has 5 rings (SSSR count). The van der Waals surface area contributed by atoms with E-state index in [4.69, 9.17) is 4.99 Å². The molecule has 2 aromatic carbocycles. The second kappa shape index (κ2) is 3.95. The topological polar surface area (TPSA) is 45.0 Å². The van der Waals surface area contributed by atoms with Crippen LogP contribution in [0.1, 0.15) is 0 Å². The minimum atomic E-state index is -0.415. The van der Waals surface area contributed by atoms with Crippen LogP contribution >= 0.6 is 0 Å². The molecule has 1 aliphatic rings. The molecule has 5 heteroatoms. The van der Waals surface area contributed by atoms with E-state index in [1.54, 1.807) is 0 Å². The maximum absolute atomic E-state index is 9.75. The molecule has 4 nitrogen and oxygen atoms in total. The van der Waals surface area contributed by atoms with Crippen molar-refractivity contribution in [2.75, 3.05) is 0 Å². The van der Waals surface area contributed by atoms with Crippen molar-refractivity contribution in [1.82, 2.24) is 4.48 Å². The van der Waals surface area contributed by atoms with Gasteiger partial charge in [-0.05, 0) is 28.6 Å². The summed E-state index contributed by atoms with van der Waals surface area (Å²) in [6.45, 7) is -0.415. The van der Waals surface area contributed by atoms with Gasteiger partial charge in [-0.1, -0.05) is 30.3 Å². The molecular weight excluding hydrogens is 271 g/mol. The molecule has 3 heterocycles. The van der Waals surface area contributed by atoms with Crippen LogP contribution in [0.3, 0.4) is 0 Å². The number of pyridine rings is 1. The van der Waals surface area contributed by atoms with Gasteiger partial charge in [0.15, 0.2) is 0 Å². The van der Waals surface area contributed by atoms with Gasteiger partial charge in [0.25, 0.3) is 0 Å². The molecule has 22 heavy (non-hydrogen) atoms. The van der Waals surface area contributed by atoms with E-state index in [0.717, 1.165) is 22.2 Å². The number of aromatic nitrogens is 2. The lowest BCUT2D eigenvalue weighted by Crippen LogP contribution is -2.60. The van der Waals surface area contributed by atoms with Gasteiger partial charge in [0, 0.05) is 17.0 Å². The number of hydrogen-bond acceptors (Lipinski definition) is 2. The summed E-state index contributed by atoms with van der Waals surface area (Å²) in [5.74, 6) is 3.23. The van der Waals surface area contributed by atoms with Crippen LogP contribution in [-0.4, -0.2) is 11.5 Å². The van der Waals surface area contributed by atoms with Crippen LogP contribution < -0.4 is 9.97 Å². The Balaban J connectivity index is 2.08. The van der Waals surface area contributed by atoms with Crippen LogP contribution in [0.25, 0.3) is 21.7 Å². The fourth-order valence-electron chi connectivity index (χ4n) is 3.41. The van der Waals surface area contributed by atoms with Gasteiger partial charge in [-0.15, -0.1) is 0 Å². The van der Waals surface area contributed by atoms with Crippen molar-refractivity contribution in [1.29, 1.82) is 5.26 Å². The Morgan fingerprint density at radius 2 is 1.91 bits per heavy atom. The zero-order chi connectivity index (χ0) is 14.7. The number of rotatable bonds is 0. The van der Waals surface area contributed by atoms with Gasteiger partial charge >= 0.3 is 12.8 Å². The fraction of sp³-hybridized carbons (Fsp3) is 0. The van der Waals surface area contributed by atoms with Crippen molar-refractivity contribution in [3.63, 3.8) is 0 Å². The number of benzene rings is 2. The van der Waals surface area contributed by atoms with Crippen LogP contribution in [0.5, 0.6) is 0 Å². The summed E-state index contributed by atoms with van der Waals surface area (Å²) in [4.78, 5) is 4.80. The Morgan fingerprint density at radius 1 is 1.05 bits per heavy atom. The van der Waals surface area contributed by atoms with E-state index < -0.39 is 6.98 Å². The molecule has 0 saturated carbocycles. The fourth-order valence-corrected chi connectivity index (χ4v) is 3.41. The summed E-state index contributed by atoms with van der Waals surface area (Å²) in [6, 6.07) is 18.2. The van der Waals surface area contributed by atoms with E-state index in [0.29, 0.717) is 0 Å². The average Bonchev–Trinajstić information content (AvgIpc) is 2.89. The summed E-state index contributed by atoms with van der Waals surface area (Å²) in [7, 11) is 0. The van der Waals surface area contributed by atoms with Crippen LogP contribution in [-0.2, 0) is 0 Å². The summed E-state index contributed by atoms with van der Waals surface area (Å²) in [5, 5.41) is 13.2. The Labute approximate surface area is 126 Å². The van der Waals surface area contributed by atoms with E-state index in [1.807, 2.05) is 45.5 Å². The third-order valence-corrected chi connectivity index (χ3v) is 4.32. The standard InChI is InChI=1S/C17H10BN4/c19-11-18-21-10-2-1-9-15(21)20-17-13-7-3-5-12-6-4-8-14(16(12)13)22(17)18/h1-10H/q+1. The second-order valence-corrected chi connectivity index (χ2v) is 5.46. The SMILES string of the molecule is N#CB1n2c(c3cccc4cccc2c43)=Nc2cccc[n+]21. The van der Waals surface area contributed by atoms with E-state index in [1.165, 1.54) is 10.8 Å². The predicted octanol–water partition coefficient (Wildman–Crippen LogP) is 2.01. The van der Waals surface area contributed by atoms with E-state index in [-0.39, 0.29) is 0 Å². The largest absolute Gasteiger partial charge is 0.626 e. The van der Waals surface area contributed by atoms with Gasteiger partial charge in [-0.3, -0.25) is 8.96 Å². The molecule has 100 valence electrons. The molecule has 0 bridgehead atoms. The van der Waals surface area contributed by atoms with Gasteiger partial charge in [0.1, 0.15) is 0 Å². The first-order chi connectivity index (χ1) is 10.9. The zero-order valence-electron chi connectivity index (χ0n) is 11.6. The predicted molar refractivity (Wildman–Crippen MR) is 84.7 cm³/mol. The molecule has 0 atom stereocenters.